The van der Waals surface area contributed by atoms with Crippen LogP contribution in [0.25, 0.3) is 55.6 Å². The van der Waals surface area contributed by atoms with Crippen LogP contribution >= 0.6 is 0 Å². The van der Waals surface area contributed by atoms with Gasteiger partial charge in [0.25, 0.3) is 0 Å². The molecule has 8 rings (SSSR count). The van der Waals surface area contributed by atoms with Crippen LogP contribution in [0.2, 0.25) is 0 Å². The molecule has 0 radical (unpaired) electrons. The molecular formula is C39H30N2O2. The van der Waals surface area contributed by atoms with Crippen LogP contribution < -0.4 is 0 Å². The number of hydrogen-bond acceptors (Lipinski definition) is 4. The second-order valence-electron chi connectivity index (χ2n) is 10.0. The van der Waals surface area contributed by atoms with Crippen molar-refractivity contribution in [3.8, 4) is 34.1 Å². The predicted molar refractivity (Wildman–Crippen MR) is 176 cm³/mol. The highest BCUT2D eigenvalue weighted by molar-refractivity contribution is 5.86. The monoisotopic (exact) mass is 558 g/mol. The number of benzene rings is 6. The molecule has 8 aromatic rings. The van der Waals surface area contributed by atoms with Crippen LogP contribution in [0.3, 0.4) is 0 Å². The molecule has 0 bridgehead atoms. The maximum atomic E-state index is 5.89. The van der Waals surface area contributed by atoms with E-state index in [1.807, 2.05) is 78.9 Å². The van der Waals surface area contributed by atoms with Crippen molar-refractivity contribution in [3.05, 3.63) is 170 Å². The third-order valence-electron chi connectivity index (χ3n) is 6.96. The maximum absolute atomic E-state index is 5.89. The van der Waals surface area contributed by atoms with Crippen molar-refractivity contribution in [1.29, 1.82) is 0 Å². The first-order valence-corrected chi connectivity index (χ1v) is 14.1. The number of fused-ring (bicyclic) bond motifs is 2. The highest BCUT2D eigenvalue weighted by Crippen LogP contribution is 2.28. The summed E-state index contributed by atoms with van der Waals surface area (Å²) in [7, 11) is 0. The highest BCUT2D eigenvalue weighted by Gasteiger charge is 2.08. The molecule has 2 heterocycles. The molecule has 0 aliphatic carbocycles. The Morgan fingerprint density at radius 1 is 0.465 bits per heavy atom. The topological polar surface area (TPSA) is 52.1 Å². The van der Waals surface area contributed by atoms with Gasteiger partial charge in [0.05, 0.1) is 12.4 Å². The van der Waals surface area contributed by atoms with E-state index in [9.17, 15) is 0 Å². The third kappa shape index (κ3) is 6.95. The summed E-state index contributed by atoms with van der Waals surface area (Å²) >= 11 is 0. The first-order valence-electron chi connectivity index (χ1n) is 14.1. The molecule has 2 aromatic heterocycles. The Hall–Kier alpha value is -5.74. The first-order chi connectivity index (χ1) is 21.2. The molecule has 0 aliphatic rings. The molecule has 4 nitrogen and oxygen atoms in total. The Balaban J connectivity index is 0.000000126. The molecule has 43 heavy (non-hydrogen) atoms. The molecule has 208 valence electrons. The number of rotatable bonds is 3. The minimum Gasteiger partial charge on any atom is -0.444 e. The quantitative estimate of drug-likeness (QED) is 0.216. The smallest absolute Gasteiger partial charge is 0.226 e. The summed E-state index contributed by atoms with van der Waals surface area (Å²) in [6, 6.07) is 49.3. The van der Waals surface area contributed by atoms with E-state index in [0.29, 0.717) is 5.89 Å². The van der Waals surface area contributed by atoms with Gasteiger partial charge < -0.3 is 8.83 Å². The van der Waals surface area contributed by atoms with Crippen molar-refractivity contribution in [3.63, 3.8) is 0 Å². The summed E-state index contributed by atoms with van der Waals surface area (Å²) in [5.41, 5.74) is 4.42. The van der Waals surface area contributed by atoms with Gasteiger partial charge in [0.1, 0.15) is 0 Å². The second kappa shape index (κ2) is 13.3. The molecule has 0 spiro atoms. The van der Waals surface area contributed by atoms with Crippen LogP contribution in [0.1, 0.15) is 5.56 Å². The molecule has 6 aromatic carbocycles. The zero-order valence-corrected chi connectivity index (χ0v) is 23.8. The van der Waals surface area contributed by atoms with Crippen LogP contribution in [0.15, 0.2) is 173 Å². The van der Waals surface area contributed by atoms with E-state index in [4.69, 9.17) is 8.83 Å². The summed E-state index contributed by atoms with van der Waals surface area (Å²) in [6.07, 6.45) is 4.91. The minimum atomic E-state index is 0.652. The third-order valence-corrected chi connectivity index (χ3v) is 6.96. The van der Waals surface area contributed by atoms with Crippen LogP contribution in [0.5, 0.6) is 0 Å². The van der Waals surface area contributed by atoms with Crippen LogP contribution in [-0.2, 0) is 0 Å². The Morgan fingerprint density at radius 2 is 1.02 bits per heavy atom. The predicted octanol–water partition coefficient (Wildman–Crippen LogP) is 10.7. The lowest BCUT2D eigenvalue weighted by Gasteiger charge is -2.00. The van der Waals surface area contributed by atoms with E-state index >= 15 is 0 Å². The standard InChI is InChI=1S/C19H13NO.C11H10.C9H7NO/c1-2-7-15(8-3-1)18-13-20-19(21-18)17-11-10-14-6-4-5-9-16(14)12-17;1-9-6-7-10-4-2-3-5-11(10)8-9;1-2-4-8(5-3-1)9-6-10-7-11-9/h1-13H;2-8H,1H3;1-7H. The van der Waals surface area contributed by atoms with Gasteiger partial charge in [0.2, 0.25) is 5.89 Å². The molecule has 0 saturated carbocycles. The molecular weight excluding hydrogens is 528 g/mol. The van der Waals surface area contributed by atoms with E-state index in [-0.39, 0.29) is 0 Å². The fourth-order valence-electron chi connectivity index (χ4n) is 4.74. The molecule has 0 unspecified atom stereocenters. The molecule has 0 fully saturated rings. The van der Waals surface area contributed by atoms with E-state index in [0.717, 1.165) is 28.2 Å². The lowest BCUT2D eigenvalue weighted by atomic mass is 10.1. The number of nitrogens with zero attached hydrogens (tertiary/aromatic N) is 2. The molecule has 0 saturated heterocycles. The summed E-state index contributed by atoms with van der Waals surface area (Å²) in [5, 5.41) is 5.05. The lowest BCUT2D eigenvalue weighted by Crippen LogP contribution is -1.78. The highest BCUT2D eigenvalue weighted by atomic mass is 16.4. The van der Waals surface area contributed by atoms with E-state index in [1.165, 1.54) is 33.5 Å². The fourth-order valence-corrected chi connectivity index (χ4v) is 4.74. The van der Waals surface area contributed by atoms with Gasteiger partial charge in [-0.1, -0.05) is 139 Å². The molecule has 4 heteroatoms. The average Bonchev–Trinajstić information content (AvgIpc) is 3.80. The number of aryl methyl sites for hydroxylation is 1. The summed E-state index contributed by atoms with van der Waals surface area (Å²) in [6.45, 7) is 2.12. The van der Waals surface area contributed by atoms with Crippen molar-refractivity contribution in [2.45, 2.75) is 6.92 Å². The molecule has 0 amide bonds. The van der Waals surface area contributed by atoms with Gasteiger partial charge in [-0.05, 0) is 40.6 Å². The van der Waals surface area contributed by atoms with E-state index in [2.05, 4.69) is 83.6 Å². The van der Waals surface area contributed by atoms with Crippen LogP contribution in [-0.4, -0.2) is 9.97 Å². The maximum Gasteiger partial charge on any atom is 0.226 e. The van der Waals surface area contributed by atoms with Gasteiger partial charge in [-0.2, -0.15) is 0 Å². The van der Waals surface area contributed by atoms with Crippen molar-refractivity contribution >= 4 is 21.5 Å². The molecule has 0 atom stereocenters. The van der Waals surface area contributed by atoms with Gasteiger partial charge in [-0.25, -0.2) is 9.97 Å². The Labute approximate surface area is 250 Å². The fraction of sp³-hybridized carbons (Fsp3) is 0.0256. The van der Waals surface area contributed by atoms with Crippen molar-refractivity contribution in [1.82, 2.24) is 9.97 Å². The number of oxazole rings is 2. The average molecular weight is 559 g/mol. The minimum absolute atomic E-state index is 0.652. The number of hydrogen-bond donors (Lipinski definition) is 0. The van der Waals surface area contributed by atoms with Crippen LogP contribution in [0, 0.1) is 6.92 Å². The molecule has 0 aliphatic heterocycles. The first kappa shape index (κ1) is 27.4. The van der Waals surface area contributed by atoms with E-state index in [1.54, 1.807) is 12.4 Å². The van der Waals surface area contributed by atoms with Crippen LogP contribution in [0.4, 0.5) is 0 Å². The van der Waals surface area contributed by atoms with E-state index < -0.39 is 0 Å². The Morgan fingerprint density at radius 3 is 1.65 bits per heavy atom. The summed E-state index contributed by atoms with van der Waals surface area (Å²) < 4.78 is 11.0. The van der Waals surface area contributed by atoms with Crippen molar-refractivity contribution < 1.29 is 8.83 Å². The largest absolute Gasteiger partial charge is 0.444 e. The lowest BCUT2D eigenvalue weighted by molar-refractivity contribution is 0.572. The van der Waals surface area contributed by atoms with Gasteiger partial charge in [-0.15, -0.1) is 0 Å². The Bertz CT molecular complexity index is 2030. The van der Waals surface area contributed by atoms with Crippen molar-refractivity contribution in [2.75, 3.05) is 0 Å². The summed E-state index contributed by atoms with van der Waals surface area (Å²) in [4.78, 5) is 8.23. The van der Waals surface area contributed by atoms with Gasteiger partial charge in [0.15, 0.2) is 17.9 Å². The second-order valence-corrected chi connectivity index (χ2v) is 10.0. The Kier molecular flexibility index (Phi) is 8.47. The zero-order valence-electron chi connectivity index (χ0n) is 23.8. The van der Waals surface area contributed by atoms with Gasteiger partial charge >= 0.3 is 0 Å². The van der Waals surface area contributed by atoms with Crippen molar-refractivity contribution in [2.24, 2.45) is 0 Å². The normalized spacial score (nSPS) is 10.4. The van der Waals surface area contributed by atoms with Gasteiger partial charge in [-0.3, -0.25) is 0 Å². The summed E-state index contributed by atoms with van der Waals surface area (Å²) in [5.74, 6) is 2.25. The van der Waals surface area contributed by atoms with Gasteiger partial charge in [0, 0.05) is 16.7 Å². The SMILES string of the molecule is Cc1ccc2ccccc2c1.c1ccc(-c2cnc(-c3ccc4ccccc4c3)o2)cc1.c1ccc(-c2cnco2)cc1. The zero-order chi connectivity index (χ0) is 29.3. The number of aromatic nitrogens is 2. The molecule has 0 N–H and O–H groups in total.